The van der Waals surface area contributed by atoms with Crippen LogP contribution in [-0.2, 0) is 16.0 Å². The first-order valence-corrected chi connectivity index (χ1v) is 11.6. The molecule has 5 atom stereocenters. The third kappa shape index (κ3) is 3.39. The van der Waals surface area contributed by atoms with Crippen LogP contribution in [0.3, 0.4) is 0 Å². The molecule has 1 aromatic rings. The van der Waals surface area contributed by atoms with Crippen LogP contribution in [0.2, 0.25) is 0 Å². The summed E-state index contributed by atoms with van der Waals surface area (Å²) in [6.07, 6.45) is 8.30. The number of carbonyl (C=O) groups is 1. The molecule has 3 nitrogen and oxygen atoms in total. The van der Waals surface area contributed by atoms with Crippen LogP contribution in [0.25, 0.3) is 0 Å². The predicted octanol–water partition coefficient (Wildman–Crippen LogP) is 6.05. The van der Waals surface area contributed by atoms with Crippen LogP contribution in [0.1, 0.15) is 71.8 Å². The summed E-state index contributed by atoms with van der Waals surface area (Å²) < 4.78 is 11.7. The van der Waals surface area contributed by atoms with Crippen molar-refractivity contribution in [3.8, 4) is 5.75 Å². The van der Waals surface area contributed by atoms with Gasteiger partial charge in [0.25, 0.3) is 0 Å². The zero-order chi connectivity index (χ0) is 20.8. The molecule has 3 aliphatic carbocycles. The fraction of sp³-hybridized carbons (Fsp3) is 0.731. The third-order valence-electron chi connectivity index (χ3n) is 9.26. The summed E-state index contributed by atoms with van der Waals surface area (Å²) in [5.41, 5.74) is 1.58. The van der Waals surface area contributed by atoms with Gasteiger partial charge in [0.15, 0.2) is 0 Å². The van der Waals surface area contributed by atoms with Crippen molar-refractivity contribution in [3.05, 3.63) is 29.8 Å². The highest BCUT2D eigenvalue weighted by Crippen LogP contribution is 2.69. The first-order chi connectivity index (χ1) is 13.8. The van der Waals surface area contributed by atoms with Crippen LogP contribution in [0.5, 0.6) is 5.75 Å². The van der Waals surface area contributed by atoms with Gasteiger partial charge in [0.05, 0.1) is 13.0 Å². The number of benzene rings is 1. The van der Waals surface area contributed by atoms with Crippen LogP contribution in [0, 0.1) is 34.5 Å². The molecule has 3 saturated carbocycles. The predicted molar refractivity (Wildman–Crippen MR) is 116 cm³/mol. The standard InChI is InChI=1S/C26H38O3/c1-17(19-8-6-7-9-19)24(27)29-23-21(16-18-10-12-20(28-5)13-11-18)22-14-15-26(23,4)25(22,2)3/h10-13,17,19,21-23H,6-9,14-16H2,1-5H3/t17-,21-,22+,23+,26-/m0/s1. The minimum Gasteiger partial charge on any atom is -0.497 e. The molecule has 4 rings (SSSR count). The molecule has 29 heavy (non-hydrogen) atoms. The summed E-state index contributed by atoms with van der Waals surface area (Å²) in [5, 5.41) is 0. The monoisotopic (exact) mass is 398 g/mol. The fourth-order valence-electron chi connectivity index (χ4n) is 6.89. The number of ether oxygens (including phenoxy) is 2. The van der Waals surface area contributed by atoms with E-state index in [1.807, 2.05) is 12.1 Å². The molecule has 3 heteroatoms. The van der Waals surface area contributed by atoms with Gasteiger partial charge in [-0.2, -0.15) is 0 Å². The van der Waals surface area contributed by atoms with E-state index in [0.29, 0.717) is 17.8 Å². The molecule has 2 bridgehead atoms. The number of carbonyl (C=O) groups excluding carboxylic acids is 1. The molecule has 0 unspecified atom stereocenters. The molecule has 0 heterocycles. The molecule has 0 saturated heterocycles. The van der Waals surface area contributed by atoms with Crippen molar-refractivity contribution < 1.29 is 14.3 Å². The Morgan fingerprint density at radius 2 is 1.76 bits per heavy atom. The highest BCUT2D eigenvalue weighted by Gasteiger charge is 2.67. The van der Waals surface area contributed by atoms with Gasteiger partial charge in [-0.1, -0.05) is 52.7 Å². The summed E-state index contributed by atoms with van der Waals surface area (Å²) in [6, 6.07) is 8.41. The Morgan fingerprint density at radius 3 is 2.38 bits per heavy atom. The smallest absolute Gasteiger partial charge is 0.309 e. The van der Waals surface area contributed by atoms with Crippen molar-refractivity contribution in [2.24, 2.45) is 34.5 Å². The van der Waals surface area contributed by atoms with Crippen molar-refractivity contribution in [2.75, 3.05) is 7.11 Å². The lowest BCUT2D eigenvalue weighted by molar-refractivity contribution is -0.166. The SMILES string of the molecule is COc1ccc(C[C@H]2[C@H]3CC[C@@](C)([C@@H]2OC(=O)[C@@H](C)C2CCCC2)C3(C)C)cc1. The molecular weight excluding hydrogens is 360 g/mol. The second kappa shape index (κ2) is 7.63. The number of methoxy groups -OCH3 is 1. The molecular formula is C26H38O3. The first kappa shape index (κ1) is 20.8. The van der Waals surface area contributed by atoms with E-state index in [0.717, 1.165) is 12.2 Å². The van der Waals surface area contributed by atoms with Crippen LogP contribution < -0.4 is 4.74 Å². The van der Waals surface area contributed by atoms with Crippen molar-refractivity contribution in [1.29, 1.82) is 0 Å². The molecule has 0 N–H and O–H groups in total. The lowest BCUT2D eigenvalue weighted by atomic mass is 9.70. The van der Waals surface area contributed by atoms with Crippen LogP contribution >= 0.6 is 0 Å². The Hall–Kier alpha value is -1.51. The molecule has 0 aliphatic heterocycles. The third-order valence-corrected chi connectivity index (χ3v) is 9.26. The number of esters is 1. The Kier molecular flexibility index (Phi) is 5.46. The Labute approximate surface area is 176 Å². The maximum absolute atomic E-state index is 13.2. The van der Waals surface area contributed by atoms with Crippen LogP contribution in [0.4, 0.5) is 0 Å². The quantitative estimate of drug-likeness (QED) is 0.547. The number of hydrogen-bond acceptors (Lipinski definition) is 3. The molecule has 1 aromatic carbocycles. The molecule has 0 spiro atoms. The Morgan fingerprint density at radius 1 is 1.10 bits per heavy atom. The maximum atomic E-state index is 13.2. The molecule has 0 radical (unpaired) electrons. The largest absolute Gasteiger partial charge is 0.497 e. The van der Waals surface area contributed by atoms with E-state index in [1.54, 1.807) is 7.11 Å². The Bertz CT molecular complexity index is 731. The van der Waals surface area contributed by atoms with E-state index < -0.39 is 0 Å². The normalized spacial score (nSPS) is 34.3. The molecule has 160 valence electrons. The highest BCUT2D eigenvalue weighted by molar-refractivity contribution is 5.72. The number of hydrogen-bond donors (Lipinski definition) is 0. The van der Waals surface area contributed by atoms with Crippen LogP contribution in [-0.4, -0.2) is 19.2 Å². The van der Waals surface area contributed by atoms with Crippen molar-refractivity contribution in [3.63, 3.8) is 0 Å². The van der Waals surface area contributed by atoms with Crippen molar-refractivity contribution >= 4 is 5.97 Å². The van der Waals surface area contributed by atoms with E-state index in [4.69, 9.17) is 9.47 Å². The molecule has 3 fully saturated rings. The van der Waals surface area contributed by atoms with Gasteiger partial charge in [0.2, 0.25) is 0 Å². The second-order valence-electron chi connectivity index (χ2n) is 10.7. The molecule has 0 amide bonds. The summed E-state index contributed by atoms with van der Waals surface area (Å²) in [6.45, 7) is 9.27. The van der Waals surface area contributed by atoms with Crippen LogP contribution in [0.15, 0.2) is 24.3 Å². The van der Waals surface area contributed by atoms with Gasteiger partial charge in [-0.3, -0.25) is 4.79 Å². The highest BCUT2D eigenvalue weighted by atomic mass is 16.5. The van der Waals surface area contributed by atoms with E-state index in [-0.39, 0.29) is 28.8 Å². The average molecular weight is 399 g/mol. The van der Waals surface area contributed by atoms with Gasteiger partial charge in [-0.05, 0) is 67.1 Å². The zero-order valence-corrected chi connectivity index (χ0v) is 18.9. The Balaban J connectivity index is 1.55. The van der Waals surface area contributed by atoms with Gasteiger partial charge >= 0.3 is 5.97 Å². The number of rotatable bonds is 6. The summed E-state index contributed by atoms with van der Waals surface area (Å²) in [5.74, 6) is 2.49. The van der Waals surface area contributed by atoms with E-state index in [1.165, 1.54) is 44.1 Å². The fourth-order valence-corrected chi connectivity index (χ4v) is 6.89. The number of fused-ring (bicyclic) bond motifs is 2. The van der Waals surface area contributed by atoms with Crippen molar-refractivity contribution in [2.45, 2.75) is 78.7 Å². The summed E-state index contributed by atoms with van der Waals surface area (Å²) in [7, 11) is 1.70. The van der Waals surface area contributed by atoms with Gasteiger partial charge in [0.1, 0.15) is 11.9 Å². The zero-order valence-electron chi connectivity index (χ0n) is 18.9. The topological polar surface area (TPSA) is 35.5 Å². The van der Waals surface area contributed by atoms with Gasteiger partial charge in [-0.15, -0.1) is 0 Å². The van der Waals surface area contributed by atoms with E-state index >= 15 is 0 Å². The minimum absolute atomic E-state index is 0.0229. The van der Waals surface area contributed by atoms with Gasteiger partial charge in [-0.25, -0.2) is 0 Å². The molecule has 3 aliphatic rings. The lowest BCUT2D eigenvalue weighted by Gasteiger charge is -2.40. The lowest BCUT2D eigenvalue weighted by Crippen LogP contribution is -2.43. The summed E-state index contributed by atoms with van der Waals surface area (Å²) >= 11 is 0. The van der Waals surface area contributed by atoms with E-state index in [2.05, 4.69) is 39.8 Å². The first-order valence-electron chi connectivity index (χ1n) is 11.6. The van der Waals surface area contributed by atoms with E-state index in [9.17, 15) is 4.79 Å². The maximum Gasteiger partial charge on any atom is 0.309 e. The molecule has 0 aromatic heterocycles. The van der Waals surface area contributed by atoms with Crippen molar-refractivity contribution in [1.82, 2.24) is 0 Å². The average Bonchev–Trinajstić information content (AvgIpc) is 3.35. The van der Waals surface area contributed by atoms with Gasteiger partial charge in [0, 0.05) is 11.3 Å². The second-order valence-corrected chi connectivity index (χ2v) is 10.7. The minimum atomic E-state index is 0.0229. The van der Waals surface area contributed by atoms with Gasteiger partial charge < -0.3 is 9.47 Å². The summed E-state index contributed by atoms with van der Waals surface area (Å²) in [4.78, 5) is 13.2.